The van der Waals surface area contributed by atoms with E-state index >= 15 is 0 Å². The Kier molecular flexibility index (Phi) is 9.41. The van der Waals surface area contributed by atoms with Gasteiger partial charge >= 0.3 is 12.5 Å². The summed E-state index contributed by atoms with van der Waals surface area (Å²) < 4.78 is 157. The third-order valence-corrected chi connectivity index (χ3v) is 6.74. The Balaban J connectivity index is 0.000000348. The van der Waals surface area contributed by atoms with Crippen LogP contribution < -0.4 is 9.47 Å². The van der Waals surface area contributed by atoms with Crippen molar-refractivity contribution in [2.45, 2.75) is 46.1 Å². The average molecular weight is 649 g/mol. The van der Waals surface area contributed by atoms with Gasteiger partial charge < -0.3 is 9.47 Å². The zero-order valence-electron chi connectivity index (χ0n) is 23.7. The minimum Gasteiger partial charge on any atom is -0.429 e. The maximum absolute atomic E-state index is 14.4. The highest BCUT2D eigenvalue weighted by molar-refractivity contribution is 5.66. The summed E-state index contributed by atoms with van der Waals surface area (Å²) >= 11 is 0. The van der Waals surface area contributed by atoms with Crippen molar-refractivity contribution >= 4 is 0 Å². The van der Waals surface area contributed by atoms with Crippen molar-refractivity contribution < 1.29 is 57.8 Å². The third kappa shape index (κ3) is 7.87. The summed E-state index contributed by atoms with van der Waals surface area (Å²) in [6, 6.07) is 8.56. The van der Waals surface area contributed by atoms with E-state index < -0.39 is 75.6 Å². The molecule has 13 heteroatoms. The highest BCUT2D eigenvalue weighted by Gasteiger charge is 2.42. The summed E-state index contributed by atoms with van der Waals surface area (Å²) in [5.74, 6) is -13.3. The normalized spacial score (nSPS) is 14.5. The van der Waals surface area contributed by atoms with Gasteiger partial charge in [0.1, 0.15) is 34.6 Å². The van der Waals surface area contributed by atoms with Gasteiger partial charge in [0.25, 0.3) is 0 Å². The molecule has 4 aromatic carbocycles. The minimum absolute atomic E-state index is 0.127. The number of fused-ring (bicyclic) bond motifs is 1. The van der Waals surface area contributed by atoms with E-state index in [9.17, 15) is 48.3 Å². The predicted molar refractivity (Wildman–Crippen MR) is 142 cm³/mol. The number of ether oxygens (including phenoxy) is 2. The second-order valence-electron chi connectivity index (χ2n) is 10.6. The van der Waals surface area contributed by atoms with Gasteiger partial charge in [-0.2, -0.15) is 8.78 Å². The highest BCUT2D eigenvalue weighted by atomic mass is 19.4. The molecular formula is C32H23F11O2. The molecule has 1 aliphatic rings. The summed E-state index contributed by atoms with van der Waals surface area (Å²) in [4.78, 5) is 0. The molecular weight excluding hydrogens is 625 g/mol. The maximum atomic E-state index is 14.4. The molecule has 0 bridgehead atoms. The maximum Gasteiger partial charge on any atom is 0.573 e. The van der Waals surface area contributed by atoms with Gasteiger partial charge in [0.05, 0.1) is 5.56 Å². The molecule has 1 aliphatic carbocycles. The predicted octanol–water partition coefficient (Wildman–Crippen LogP) is 10.3. The van der Waals surface area contributed by atoms with Crippen molar-refractivity contribution in [2.24, 2.45) is 5.92 Å². The molecule has 45 heavy (non-hydrogen) atoms. The van der Waals surface area contributed by atoms with E-state index in [1.165, 1.54) is 25.3 Å². The van der Waals surface area contributed by atoms with E-state index in [0.717, 1.165) is 18.1 Å². The van der Waals surface area contributed by atoms with E-state index in [1.807, 2.05) is 0 Å². The van der Waals surface area contributed by atoms with Crippen molar-refractivity contribution in [2.75, 3.05) is 0 Å². The van der Waals surface area contributed by atoms with Crippen LogP contribution in [0.3, 0.4) is 0 Å². The zero-order valence-corrected chi connectivity index (χ0v) is 23.7. The number of benzene rings is 4. The number of rotatable bonds is 5. The molecule has 0 N–H and O–H groups in total. The first-order valence-electron chi connectivity index (χ1n) is 13.2. The van der Waals surface area contributed by atoms with Gasteiger partial charge in [-0.3, -0.25) is 0 Å². The molecule has 2 nitrogen and oxygen atoms in total. The van der Waals surface area contributed by atoms with Crippen LogP contribution >= 0.6 is 0 Å². The molecule has 0 spiro atoms. The quantitative estimate of drug-likeness (QED) is 0.201. The molecule has 1 unspecified atom stereocenters. The van der Waals surface area contributed by atoms with Crippen molar-refractivity contribution in [3.63, 3.8) is 0 Å². The number of hydrogen-bond acceptors (Lipinski definition) is 2. The summed E-state index contributed by atoms with van der Waals surface area (Å²) in [6.45, 7) is 5.82. The van der Waals surface area contributed by atoms with Crippen LogP contribution in [0.25, 0.3) is 11.1 Å². The lowest BCUT2D eigenvalue weighted by Crippen LogP contribution is -2.25. The summed E-state index contributed by atoms with van der Waals surface area (Å²) in [5.41, 5.74) is 0.889. The fourth-order valence-electron chi connectivity index (χ4n) is 4.95. The fraction of sp³-hybridized carbons (Fsp3) is 0.250. The number of alkyl halides is 5. The molecule has 1 atom stereocenters. The van der Waals surface area contributed by atoms with Gasteiger partial charge in [0.15, 0.2) is 11.6 Å². The second kappa shape index (κ2) is 12.6. The van der Waals surface area contributed by atoms with E-state index in [2.05, 4.69) is 41.5 Å². The van der Waals surface area contributed by atoms with Crippen LogP contribution in [0, 0.1) is 54.7 Å². The highest BCUT2D eigenvalue weighted by Crippen LogP contribution is 2.40. The van der Waals surface area contributed by atoms with E-state index in [4.69, 9.17) is 0 Å². The molecule has 4 aromatic rings. The van der Waals surface area contributed by atoms with E-state index in [0.29, 0.717) is 0 Å². The number of hydrogen-bond donors (Lipinski definition) is 0. The Hall–Kier alpha value is -4.29. The number of halogens is 11. The zero-order chi connectivity index (χ0) is 33.4. The third-order valence-electron chi connectivity index (χ3n) is 6.74. The first-order valence-corrected chi connectivity index (χ1v) is 13.2. The van der Waals surface area contributed by atoms with Gasteiger partial charge in [-0.25, -0.2) is 26.3 Å². The monoisotopic (exact) mass is 648 g/mol. The Labute approximate surface area is 250 Å². The van der Waals surface area contributed by atoms with Crippen molar-refractivity contribution in [1.82, 2.24) is 0 Å². The molecule has 240 valence electrons. The molecule has 0 aromatic heterocycles. The van der Waals surface area contributed by atoms with Crippen LogP contribution in [0.2, 0.25) is 0 Å². The van der Waals surface area contributed by atoms with Crippen LogP contribution in [0.1, 0.15) is 34.7 Å². The lowest BCUT2D eigenvalue weighted by molar-refractivity contribution is -0.276. The summed E-state index contributed by atoms with van der Waals surface area (Å²) in [6.07, 6.45) is -7.91. The van der Waals surface area contributed by atoms with Crippen molar-refractivity contribution in [1.29, 1.82) is 0 Å². The Bertz CT molecular complexity index is 1660. The van der Waals surface area contributed by atoms with Crippen molar-refractivity contribution in [3.05, 3.63) is 117 Å². The van der Waals surface area contributed by atoms with Crippen molar-refractivity contribution in [3.8, 4) is 22.6 Å². The molecule has 0 saturated carbocycles. The van der Waals surface area contributed by atoms with Gasteiger partial charge in [0.2, 0.25) is 5.75 Å². The van der Waals surface area contributed by atoms with Gasteiger partial charge in [-0.05, 0) is 79.1 Å². The van der Waals surface area contributed by atoms with E-state index in [1.54, 1.807) is 11.1 Å². The standard InChI is InChI=1S/C21H9F11O2.C11H14/c1-8-2-11(22)17(12(23)3-8)9-4-13(24)18(14(25)5-9)20(28,29)33-10-6-15(26)19(16(27)7-10)34-21(30,31)32;1-8-3-4-10-6-9(2)7-11(10)5-8/h2-7H,1H3;3-5,9H,6-7H2,1-2H3. The fourth-order valence-corrected chi connectivity index (χ4v) is 4.95. The molecule has 0 amide bonds. The smallest absolute Gasteiger partial charge is 0.429 e. The molecule has 0 aliphatic heterocycles. The summed E-state index contributed by atoms with van der Waals surface area (Å²) in [5, 5.41) is 0. The Morgan fingerprint density at radius 2 is 1.13 bits per heavy atom. The van der Waals surface area contributed by atoms with Gasteiger partial charge in [0, 0.05) is 12.1 Å². The topological polar surface area (TPSA) is 18.5 Å². The molecule has 0 radical (unpaired) electrons. The average Bonchev–Trinajstić information content (AvgIpc) is 3.23. The lowest BCUT2D eigenvalue weighted by Gasteiger charge is -2.21. The van der Waals surface area contributed by atoms with Gasteiger partial charge in [-0.15, -0.1) is 13.2 Å². The Morgan fingerprint density at radius 3 is 1.67 bits per heavy atom. The van der Waals surface area contributed by atoms with Crippen LogP contribution in [0.4, 0.5) is 48.3 Å². The Morgan fingerprint density at radius 1 is 0.600 bits per heavy atom. The van der Waals surface area contributed by atoms with Crippen LogP contribution in [0.15, 0.2) is 54.6 Å². The van der Waals surface area contributed by atoms with Crippen LogP contribution in [-0.4, -0.2) is 6.36 Å². The largest absolute Gasteiger partial charge is 0.573 e. The molecule has 0 saturated heterocycles. The molecule has 0 heterocycles. The molecule has 5 rings (SSSR count). The number of aryl methyl sites for hydroxylation is 2. The SMILES string of the molecule is Cc1cc(F)c(-c2cc(F)c(C(F)(F)Oc3cc(F)c(OC(F)(F)F)c(F)c3)c(F)c2)c(F)c1.Cc1ccc2c(c1)CC(C)C2. The molecule has 0 fully saturated rings. The minimum atomic E-state index is -5.52. The summed E-state index contributed by atoms with van der Waals surface area (Å²) in [7, 11) is 0. The lowest BCUT2D eigenvalue weighted by atomic mass is 10.00. The van der Waals surface area contributed by atoms with Crippen LogP contribution in [-0.2, 0) is 19.0 Å². The van der Waals surface area contributed by atoms with Crippen LogP contribution in [0.5, 0.6) is 11.5 Å². The van der Waals surface area contributed by atoms with Gasteiger partial charge in [-0.1, -0.05) is 30.7 Å². The first-order chi connectivity index (χ1) is 20.8. The van der Waals surface area contributed by atoms with E-state index in [-0.39, 0.29) is 29.8 Å². The second-order valence-corrected chi connectivity index (χ2v) is 10.6. The first kappa shape index (κ1) is 33.6.